The van der Waals surface area contributed by atoms with Gasteiger partial charge in [-0.3, -0.25) is 14.9 Å². The van der Waals surface area contributed by atoms with E-state index in [0.29, 0.717) is 10.3 Å². The lowest BCUT2D eigenvalue weighted by atomic mass is 10.2. The van der Waals surface area contributed by atoms with Gasteiger partial charge in [0.1, 0.15) is 4.60 Å². The number of hydrogen-bond donors (Lipinski definition) is 1. The van der Waals surface area contributed by atoms with Crippen LogP contribution in [0.15, 0.2) is 41.1 Å². The van der Waals surface area contributed by atoms with E-state index in [1.807, 2.05) is 0 Å². The van der Waals surface area contributed by atoms with Crippen molar-refractivity contribution in [2.24, 2.45) is 0 Å². The number of nitrogens with one attached hydrogen (secondary N) is 1. The number of hydrogen-bond acceptors (Lipinski definition) is 4. The molecule has 0 spiro atoms. The molecule has 6 nitrogen and oxygen atoms in total. The monoisotopic (exact) mass is 339 g/mol. The summed E-state index contributed by atoms with van der Waals surface area (Å²) < 4.78 is 13.9. The second-order valence-corrected chi connectivity index (χ2v) is 4.47. The fraction of sp³-hybridized carbons (Fsp3) is 0. The van der Waals surface area contributed by atoms with Crippen molar-refractivity contribution in [1.29, 1.82) is 0 Å². The van der Waals surface area contributed by atoms with E-state index in [0.717, 1.165) is 12.1 Å². The van der Waals surface area contributed by atoms with E-state index in [4.69, 9.17) is 0 Å². The zero-order chi connectivity index (χ0) is 14.7. The summed E-state index contributed by atoms with van der Waals surface area (Å²) in [7, 11) is 0. The van der Waals surface area contributed by atoms with Gasteiger partial charge in [-0.25, -0.2) is 4.98 Å². The van der Waals surface area contributed by atoms with E-state index in [1.54, 1.807) is 12.1 Å². The van der Waals surface area contributed by atoms with Crippen LogP contribution in [0.1, 0.15) is 10.4 Å². The van der Waals surface area contributed by atoms with Crippen LogP contribution in [0.2, 0.25) is 0 Å². The molecule has 0 saturated carbocycles. The smallest absolute Gasteiger partial charge is 0.304 e. The highest BCUT2D eigenvalue weighted by molar-refractivity contribution is 9.10. The maximum Gasteiger partial charge on any atom is 0.304 e. The summed E-state index contributed by atoms with van der Waals surface area (Å²) in [5.41, 5.74) is -0.288. The van der Waals surface area contributed by atoms with Gasteiger partial charge in [-0.1, -0.05) is 0 Å². The molecule has 0 aliphatic heterocycles. The van der Waals surface area contributed by atoms with Crippen LogP contribution in [-0.4, -0.2) is 15.8 Å². The van der Waals surface area contributed by atoms with Crippen LogP contribution >= 0.6 is 15.9 Å². The summed E-state index contributed by atoms with van der Waals surface area (Å²) >= 11 is 3.15. The Hall–Kier alpha value is -2.35. The summed E-state index contributed by atoms with van der Waals surface area (Å²) in [6, 6.07) is 6.18. The highest BCUT2D eigenvalue weighted by atomic mass is 79.9. The Labute approximate surface area is 120 Å². The molecule has 1 aromatic heterocycles. The number of amides is 1. The lowest BCUT2D eigenvalue weighted by Crippen LogP contribution is -2.13. The molecule has 0 bridgehead atoms. The van der Waals surface area contributed by atoms with Crippen molar-refractivity contribution in [2.75, 3.05) is 5.32 Å². The number of carbonyl (C=O) groups excluding carboxylic acids is 1. The third-order valence-electron chi connectivity index (χ3n) is 2.41. The van der Waals surface area contributed by atoms with Gasteiger partial charge < -0.3 is 5.32 Å². The molecule has 0 fully saturated rings. The largest absolute Gasteiger partial charge is 0.320 e. The number of nitro groups is 1. The average molecular weight is 340 g/mol. The number of aromatic nitrogens is 1. The van der Waals surface area contributed by atoms with Gasteiger partial charge in [0.25, 0.3) is 5.91 Å². The summed E-state index contributed by atoms with van der Waals surface area (Å²) in [5.74, 6) is -1.65. The third kappa shape index (κ3) is 2.97. The van der Waals surface area contributed by atoms with E-state index in [-0.39, 0.29) is 5.56 Å². The van der Waals surface area contributed by atoms with Gasteiger partial charge in [0.2, 0.25) is 5.82 Å². The van der Waals surface area contributed by atoms with Gasteiger partial charge in [0.05, 0.1) is 10.6 Å². The van der Waals surface area contributed by atoms with Gasteiger partial charge in [0.15, 0.2) is 0 Å². The standard InChI is InChI=1S/C12H7BrFN3O3/c13-11-9(2-1-5-15-11)16-12(18)7-3-4-10(17(19)20)8(14)6-7/h1-6H,(H,16,18). The average Bonchev–Trinajstić information content (AvgIpc) is 2.40. The molecule has 8 heteroatoms. The van der Waals surface area contributed by atoms with E-state index < -0.39 is 22.3 Å². The maximum atomic E-state index is 13.4. The van der Waals surface area contributed by atoms with Gasteiger partial charge in [-0.15, -0.1) is 0 Å². The van der Waals surface area contributed by atoms with Crippen LogP contribution in [0, 0.1) is 15.9 Å². The van der Waals surface area contributed by atoms with Crippen LogP contribution in [0.4, 0.5) is 15.8 Å². The molecule has 0 aliphatic rings. The Morgan fingerprint density at radius 2 is 2.15 bits per heavy atom. The molecule has 1 aromatic carbocycles. The molecule has 0 radical (unpaired) electrons. The van der Waals surface area contributed by atoms with Crippen molar-refractivity contribution < 1.29 is 14.1 Å². The molecule has 102 valence electrons. The van der Waals surface area contributed by atoms with Crippen molar-refractivity contribution in [2.45, 2.75) is 0 Å². The maximum absolute atomic E-state index is 13.4. The first-order chi connectivity index (χ1) is 9.49. The Morgan fingerprint density at radius 1 is 1.40 bits per heavy atom. The lowest BCUT2D eigenvalue weighted by Gasteiger charge is -2.06. The Morgan fingerprint density at radius 3 is 2.75 bits per heavy atom. The normalized spacial score (nSPS) is 10.1. The predicted molar refractivity (Wildman–Crippen MR) is 72.9 cm³/mol. The summed E-state index contributed by atoms with van der Waals surface area (Å²) in [4.78, 5) is 25.5. The first-order valence-corrected chi connectivity index (χ1v) is 6.14. The SMILES string of the molecule is O=C(Nc1cccnc1Br)c1ccc([N+](=O)[O-])c(F)c1. The van der Waals surface area contributed by atoms with Crippen molar-refractivity contribution in [3.63, 3.8) is 0 Å². The Balaban J connectivity index is 2.24. The van der Waals surface area contributed by atoms with Crippen LogP contribution in [0.3, 0.4) is 0 Å². The molecule has 0 saturated heterocycles. The van der Waals surface area contributed by atoms with Gasteiger partial charge in [-0.2, -0.15) is 4.39 Å². The zero-order valence-corrected chi connectivity index (χ0v) is 11.4. The highest BCUT2D eigenvalue weighted by Gasteiger charge is 2.17. The number of halogens is 2. The molecule has 2 aromatic rings. The van der Waals surface area contributed by atoms with Gasteiger partial charge >= 0.3 is 5.69 Å². The molecular weight excluding hydrogens is 333 g/mol. The van der Waals surface area contributed by atoms with Crippen molar-refractivity contribution >= 4 is 33.2 Å². The van der Waals surface area contributed by atoms with Crippen molar-refractivity contribution in [1.82, 2.24) is 4.98 Å². The molecule has 1 N–H and O–H groups in total. The Kier molecular flexibility index (Phi) is 4.04. The van der Waals surface area contributed by atoms with Crippen LogP contribution in [0.5, 0.6) is 0 Å². The zero-order valence-electron chi connectivity index (χ0n) is 9.84. The number of pyridine rings is 1. The topological polar surface area (TPSA) is 85.1 Å². The summed E-state index contributed by atoms with van der Waals surface area (Å²) in [5, 5.41) is 13.0. The number of rotatable bonds is 3. The quantitative estimate of drug-likeness (QED) is 0.528. The van der Waals surface area contributed by atoms with E-state index in [9.17, 15) is 19.3 Å². The fourth-order valence-corrected chi connectivity index (χ4v) is 1.82. The second-order valence-electron chi connectivity index (χ2n) is 3.72. The third-order valence-corrected chi connectivity index (χ3v) is 3.05. The first kappa shape index (κ1) is 14.1. The van der Waals surface area contributed by atoms with Crippen molar-refractivity contribution in [3.05, 3.63) is 62.6 Å². The van der Waals surface area contributed by atoms with E-state index >= 15 is 0 Å². The summed E-state index contributed by atoms with van der Waals surface area (Å²) in [6.45, 7) is 0. The molecule has 0 aliphatic carbocycles. The molecular formula is C12H7BrFN3O3. The molecule has 2 rings (SSSR count). The van der Waals surface area contributed by atoms with Crippen LogP contribution in [0.25, 0.3) is 0 Å². The molecule has 1 amide bonds. The fourth-order valence-electron chi connectivity index (χ4n) is 1.47. The van der Waals surface area contributed by atoms with Crippen LogP contribution in [-0.2, 0) is 0 Å². The number of nitro benzene ring substituents is 1. The predicted octanol–water partition coefficient (Wildman–Crippen LogP) is 3.14. The van der Waals surface area contributed by atoms with Gasteiger partial charge in [0, 0.05) is 17.8 Å². The number of benzene rings is 1. The van der Waals surface area contributed by atoms with Gasteiger partial charge in [-0.05, 0) is 40.2 Å². The van der Waals surface area contributed by atoms with Crippen LogP contribution < -0.4 is 5.32 Å². The molecule has 0 unspecified atom stereocenters. The van der Waals surface area contributed by atoms with E-state index in [2.05, 4.69) is 26.2 Å². The first-order valence-electron chi connectivity index (χ1n) is 5.35. The minimum Gasteiger partial charge on any atom is -0.320 e. The molecule has 1 heterocycles. The summed E-state index contributed by atoms with van der Waals surface area (Å²) in [6.07, 6.45) is 1.53. The number of nitrogens with zero attached hydrogens (tertiary/aromatic N) is 2. The highest BCUT2D eigenvalue weighted by Crippen LogP contribution is 2.21. The molecule has 0 atom stereocenters. The minimum atomic E-state index is -1.06. The van der Waals surface area contributed by atoms with Crippen molar-refractivity contribution in [3.8, 4) is 0 Å². The second kappa shape index (κ2) is 5.74. The number of anilines is 1. The van der Waals surface area contributed by atoms with E-state index in [1.165, 1.54) is 12.3 Å². The molecule has 20 heavy (non-hydrogen) atoms. The minimum absolute atomic E-state index is 0.0242. The lowest BCUT2D eigenvalue weighted by molar-refractivity contribution is -0.387. The Bertz CT molecular complexity index is 693. The number of carbonyl (C=O) groups is 1.